The van der Waals surface area contributed by atoms with E-state index in [1.807, 2.05) is 4.90 Å². The van der Waals surface area contributed by atoms with Gasteiger partial charge in [-0.25, -0.2) is 8.78 Å². The lowest BCUT2D eigenvalue weighted by molar-refractivity contribution is -0.149. The van der Waals surface area contributed by atoms with Crippen LogP contribution < -0.4 is 10.2 Å². The Hall–Kier alpha value is -1.90. The minimum Gasteiger partial charge on any atom is -0.371 e. The number of hydrogen-bond donors (Lipinski definition) is 1. The topological polar surface area (TPSA) is 35.6 Å². The Morgan fingerprint density at radius 2 is 1.79 bits per heavy atom. The number of benzene rings is 1. The fourth-order valence-corrected chi connectivity index (χ4v) is 3.91. The van der Waals surface area contributed by atoms with Crippen molar-refractivity contribution >= 4 is 11.6 Å². The molecule has 1 aromatic carbocycles. The lowest BCUT2D eigenvalue weighted by Crippen LogP contribution is -2.44. The second kappa shape index (κ2) is 8.63. The maximum absolute atomic E-state index is 13.4. The first-order valence-electron chi connectivity index (χ1n) is 9.48. The number of nitrogens with zero attached hydrogens (tertiary/aromatic N) is 2. The van der Waals surface area contributed by atoms with Gasteiger partial charge >= 0.3 is 6.18 Å². The molecular formula is C19H24F5N3O. The van der Waals surface area contributed by atoms with E-state index < -0.39 is 24.4 Å². The molecule has 0 aromatic heterocycles. The van der Waals surface area contributed by atoms with Crippen LogP contribution in [0.4, 0.5) is 27.6 Å². The van der Waals surface area contributed by atoms with Gasteiger partial charge < -0.3 is 10.2 Å². The predicted octanol–water partition coefficient (Wildman–Crippen LogP) is 3.18. The van der Waals surface area contributed by atoms with Gasteiger partial charge in [0, 0.05) is 37.3 Å². The minimum atomic E-state index is -4.21. The fraction of sp³-hybridized carbons (Fsp3) is 0.632. The molecule has 1 atom stereocenters. The molecule has 0 spiro atoms. The summed E-state index contributed by atoms with van der Waals surface area (Å²) in [6.45, 7) is 1.41. The summed E-state index contributed by atoms with van der Waals surface area (Å²) >= 11 is 0. The Kier molecular flexibility index (Phi) is 6.42. The molecule has 0 aliphatic carbocycles. The number of alkyl halides is 3. The van der Waals surface area contributed by atoms with Gasteiger partial charge in [0.1, 0.15) is 0 Å². The summed E-state index contributed by atoms with van der Waals surface area (Å²) in [5, 5.41) is 2.91. The van der Waals surface area contributed by atoms with Crippen molar-refractivity contribution in [3.05, 3.63) is 29.8 Å². The molecule has 9 heteroatoms. The van der Waals surface area contributed by atoms with Crippen molar-refractivity contribution < 1.29 is 26.7 Å². The molecule has 156 valence electrons. The molecule has 2 fully saturated rings. The van der Waals surface area contributed by atoms with Gasteiger partial charge in [-0.2, -0.15) is 13.2 Å². The highest BCUT2D eigenvalue weighted by Crippen LogP contribution is 2.26. The van der Waals surface area contributed by atoms with E-state index in [0.717, 1.165) is 12.5 Å². The van der Waals surface area contributed by atoms with Crippen LogP contribution in [0.25, 0.3) is 0 Å². The van der Waals surface area contributed by atoms with E-state index in [9.17, 15) is 26.7 Å². The number of likely N-dealkylation sites (tertiary alicyclic amines) is 1. The average molecular weight is 405 g/mol. The molecule has 2 saturated heterocycles. The van der Waals surface area contributed by atoms with E-state index in [4.69, 9.17) is 0 Å². The number of anilines is 1. The molecule has 0 bridgehead atoms. The zero-order valence-corrected chi connectivity index (χ0v) is 15.4. The zero-order chi connectivity index (χ0) is 20.3. The van der Waals surface area contributed by atoms with Crippen LogP contribution in [-0.4, -0.2) is 56.3 Å². The Labute approximate surface area is 160 Å². The number of carbonyl (C=O) groups is 1. The van der Waals surface area contributed by atoms with Gasteiger partial charge in [0.15, 0.2) is 11.6 Å². The van der Waals surface area contributed by atoms with Crippen molar-refractivity contribution in [3.63, 3.8) is 0 Å². The standard InChI is InChI=1S/C19H24F5N3O/c20-16-2-1-15(9-17(16)21)27-8-3-13(11-27)10-25-18(28)14-4-6-26(7-5-14)12-19(22,23)24/h1-2,9,13-14H,3-8,10-12H2,(H,25,28)/t13-/m1/s1. The van der Waals surface area contributed by atoms with Crippen molar-refractivity contribution in [1.82, 2.24) is 10.2 Å². The Balaban J connectivity index is 1.40. The third kappa shape index (κ3) is 5.56. The normalized spacial score (nSPS) is 21.9. The lowest BCUT2D eigenvalue weighted by atomic mass is 9.95. The number of amides is 1. The van der Waals surface area contributed by atoms with Gasteiger partial charge in [0.25, 0.3) is 0 Å². The summed E-state index contributed by atoms with van der Waals surface area (Å²) in [4.78, 5) is 15.6. The first kappa shape index (κ1) is 20.8. The number of hydrogen-bond acceptors (Lipinski definition) is 3. The second-order valence-corrected chi connectivity index (χ2v) is 7.61. The maximum atomic E-state index is 13.4. The van der Waals surface area contributed by atoms with Gasteiger partial charge in [-0.15, -0.1) is 0 Å². The van der Waals surface area contributed by atoms with Crippen molar-refractivity contribution in [2.75, 3.05) is 44.2 Å². The third-order valence-corrected chi connectivity index (χ3v) is 5.48. The largest absolute Gasteiger partial charge is 0.401 e. The second-order valence-electron chi connectivity index (χ2n) is 7.61. The molecule has 0 unspecified atom stereocenters. The molecular weight excluding hydrogens is 381 g/mol. The van der Waals surface area contributed by atoms with Crippen LogP contribution in [0.15, 0.2) is 18.2 Å². The monoisotopic (exact) mass is 405 g/mol. The minimum absolute atomic E-state index is 0.113. The van der Waals surface area contributed by atoms with Crippen LogP contribution in [0.3, 0.4) is 0 Å². The summed E-state index contributed by atoms with van der Waals surface area (Å²) in [5.74, 6) is -1.94. The number of piperidine rings is 1. The van der Waals surface area contributed by atoms with Crippen LogP contribution in [0, 0.1) is 23.5 Å². The van der Waals surface area contributed by atoms with E-state index in [1.54, 1.807) is 0 Å². The van der Waals surface area contributed by atoms with E-state index in [1.165, 1.54) is 17.0 Å². The third-order valence-electron chi connectivity index (χ3n) is 5.48. The molecule has 4 nitrogen and oxygen atoms in total. The summed E-state index contributed by atoms with van der Waals surface area (Å²) in [7, 11) is 0. The van der Waals surface area contributed by atoms with Crippen LogP contribution in [0.1, 0.15) is 19.3 Å². The Bertz CT molecular complexity index is 689. The smallest absolute Gasteiger partial charge is 0.371 e. The van der Waals surface area contributed by atoms with Crippen molar-refractivity contribution in [2.45, 2.75) is 25.4 Å². The summed E-state index contributed by atoms with van der Waals surface area (Å²) in [6.07, 6.45) is -2.54. The number of halogens is 5. The molecule has 28 heavy (non-hydrogen) atoms. The van der Waals surface area contributed by atoms with Crippen LogP contribution in [-0.2, 0) is 4.79 Å². The molecule has 2 aliphatic rings. The first-order valence-corrected chi connectivity index (χ1v) is 9.48. The van der Waals surface area contributed by atoms with Gasteiger partial charge in [0.05, 0.1) is 6.54 Å². The molecule has 1 N–H and O–H groups in total. The number of rotatable bonds is 5. The Morgan fingerprint density at radius 3 is 2.43 bits per heavy atom. The number of carbonyl (C=O) groups excluding carboxylic acids is 1. The van der Waals surface area contributed by atoms with Gasteiger partial charge in [-0.1, -0.05) is 0 Å². The molecule has 1 amide bonds. The van der Waals surface area contributed by atoms with E-state index in [0.29, 0.717) is 38.2 Å². The highest BCUT2D eigenvalue weighted by atomic mass is 19.4. The van der Waals surface area contributed by atoms with E-state index in [2.05, 4.69) is 5.32 Å². The lowest BCUT2D eigenvalue weighted by Gasteiger charge is -2.31. The molecule has 2 heterocycles. The van der Waals surface area contributed by atoms with Crippen LogP contribution in [0.2, 0.25) is 0 Å². The molecule has 2 aliphatic heterocycles. The SMILES string of the molecule is O=C(NC[C@H]1CCN(c2ccc(F)c(F)c2)C1)C1CCN(CC(F)(F)F)CC1. The average Bonchev–Trinajstić information content (AvgIpc) is 3.10. The van der Waals surface area contributed by atoms with Gasteiger partial charge in [-0.05, 0) is 50.4 Å². The summed E-state index contributed by atoms with van der Waals surface area (Å²) in [6, 6.07) is 3.81. The highest BCUT2D eigenvalue weighted by Gasteiger charge is 2.34. The quantitative estimate of drug-likeness (QED) is 0.765. The van der Waals surface area contributed by atoms with Crippen LogP contribution in [0.5, 0.6) is 0 Å². The van der Waals surface area contributed by atoms with E-state index in [-0.39, 0.29) is 30.8 Å². The predicted molar refractivity (Wildman–Crippen MR) is 94.9 cm³/mol. The summed E-state index contributed by atoms with van der Waals surface area (Å²) < 4.78 is 63.7. The number of nitrogens with one attached hydrogen (secondary N) is 1. The van der Waals surface area contributed by atoms with Crippen LogP contribution >= 0.6 is 0 Å². The van der Waals surface area contributed by atoms with Crippen molar-refractivity contribution in [3.8, 4) is 0 Å². The molecule has 1 aromatic rings. The van der Waals surface area contributed by atoms with Gasteiger partial charge in [-0.3, -0.25) is 9.69 Å². The zero-order valence-electron chi connectivity index (χ0n) is 15.4. The van der Waals surface area contributed by atoms with E-state index >= 15 is 0 Å². The Morgan fingerprint density at radius 1 is 1.07 bits per heavy atom. The molecule has 3 rings (SSSR count). The van der Waals surface area contributed by atoms with Gasteiger partial charge in [0.2, 0.25) is 5.91 Å². The molecule has 0 saturated carbocycles. The summed E-state index contributed by atoms with van der Waals surface area (Å²) in [5.41, 5.74) is 0.616. The maximum Gasteiger partial charge on any atom is 0.401 e. The fourth-order valence-electron chi connectivity index (χ4n) is 3.91. The molecule has 0 radical (unpaired) electrons. The highest BCUT2D eigenvalue weighted by molar-refractivity contribution is 5.78. The first-order chi connectivity index (χ1) is 13.2. The van der Waals surface area contributed by atoms with Crippen molar-refractivity contribution in [2.24, 2.45) is 11.8 Å². The van der Waals surface area contributed by atoms with Crippen molar-refractivity contribution in [1.29, 1.82) is 0 Å².